The van der Waals surface area contributed by atoms with Crippen molar-refractivity contribution in [1.29, 1.82) is 0 Å². The van der Waals surface area contributed by atoms with Crippen molar-refractivity contribution < 1.29 is 14.7 Å². The van der Waals surface area contributed by atoms with Crippen molar-refractivity contribution in [3.05, 3.63) is 11.6 Å². The van der Waals surface area contributed by atoms with E-state index in [1.54, 1.807) is 9.80 Å². The number of hydrogen-bond donors (Lipinski definition) is 1. The Morgan fingerprint density at radius 1 is 1.53 bits per heavy atom. The van der Waals surface area contributed by atoms with E-state index in [0.29, 0.717) is 13.1 Å². The van der Waals surface area contributed by atoms with E-state index in [0.717, 1.165) is 13.0 Å². The Kier molecular flexibility index (Phi) is 5.00. The van der Waals surface area contributed by atoms with Crippen molar-refractivity contribution in [1.82, 2.24) is 9.80 Å². The average Bonchev–Trinajstić information content (AvgIpc) is 2.30. The first kappa shape index (κ1) is 13.5. The van der Waals surface area contributed by atoms with Gasteiger partial charge in [0.25, 0.3) is 0 Å². The van der Waals surface area contributed by atoms with Gasteiger partial charge in [0.2, 0.25) is 0 Å². The smallest absolute Gasteiger partial charge is 0.320 e. The van der Waals surface area contributed by atoms with Crippen molar-refractivity contribution in [2.24, 2.45) is 0 Å². The summed E-state index contributed by atoms with van der Waals surface area (Å²) in [6, 6.07) is -0.0579. The van der Waals surface area contributed by atoms with E-state index in [1.807, 2.05) is 13.0 Å². The fourth-order valence-corrected chi connectivity index (χ4v) is 1.76. The summed E-state index contributed by atoms with van der Waals surface area (Å²) in [4.78, 5) is 25.9. The zero-order chi connectivity index (χ0) is 12.8. The summed E-state index contributed by atoms with van der Waals surface area (Å²) in [6.45, 7) is 6.11. The van der Waals surface area contributed by atoms with Crippen molar-refractivity contribution >= 4 is 12.0 Å². The zero-order valence-corrected chi connectivity index (χ0v) is 10.5. The predicted molar refractivity (Wildman–Crippen MR) is 64.8 cm³/mol. The van der Waals surface area contributed by atoms with Crippen LogP contribution in [-0.2, 0) is 4.79 Å². The van der Waals surface area contributed by atoms with E-state index in [2.05, 4.69) is 6.92 Å². The topological polar surface area (TPSA) is 60.9 Å². The van der Waals surface area contributed by atoms with Crippen LogP contribution >= 0.6 is 0 Å². The number of carboxylic acids is 1. The molecule has 17 heavy (non-hydrogen) atoms. The lowest BCUT2D eigenvalue weighted by molar-refractivity contribution is -0.137. The van der Waals surface area contributed by atoms with Crippen LogP contribution in [0.25, 0.3) is 0 Å². The normalized spacial score (nSPS) is 15.4. The van der Waals surface area contributed by atoms with E-state index < -0.39 is 5.97 Å². The van der Waals surface area contributed by atoms with Crippen LogP contribution in [-0.4, -0.2) is 53.1 Å². The van der Waals surface area contributed by atoms with Gasteiger partial charge in [0, 0.05) is 26.2 Å². The maximum atomic E-state index is 12.1. The number of amides is 2. The standard InChI is InChI=1S/C12H20N2O3/c1-3-13(9-6-11(15)16)12(17)14-7-4-10(2)5-8-14/h4H,3,5-9H2,1-2H3,(H,15,16). The number of nitrogens with zero attached hydrogens (tertiary/aromatic N) is 2. The quantitative estimate of drug-likeness (QED) is 0.758. The molecule has 0 saturated carbocycles. The molecule has 1 aliphatic heterocycles. The minimum Gasteiger partial charge on any atom is -0.481 e. The van der Waals surface area contributed by atoms with Crippen LogP contribution in [0, 0.1) is 0 Å². The molecule has 0 radical (unpaired) electrons. The second-order valence-corrected chi connectivity index (χ2v) is 4.25. The van der Waals surface area contributed by atoms with Gasteiger partial charge in [-0.1, -0.05) is 11.6 Å². The van der Waals surface area contributed by atoms with Gasteiger partial charge in [0.1, 0.15) is 0 Å². The number of carbonyl (C=O) groups is 2. The van der Waals surface area contributed by atoms with Gasteiger partial charge in [-0.3, -0.25) is 4.79 Å². The van der Waals surface area contributed by atoms with Crippen LogP contribution in [0.4, 0.5) is 4.79 Å². The lowest BCUT2D eigenvalue weighted by atomic mass is 10.1. The van der Waals surface area contributed by atoms with Crippen molar-refractivity contribution in [3.8, 4) is 0 Å². The first-order valence-corrected chi connectivity index (χ1v) is 5.96. The number of carbonyl (C=O) groups excluding carboxylic acids is 1. The van der Waals surface area contributed by atoms with Crippen molar-refractivity contribution in [3.63, 3.8) is 0 Å². The molecule has 0 aromatic rings. The number of carboxylic acid groups (broad SMARTS) is 1. The monoisotopic (exact) mass is 240 g/mol. The molecule has 0 aliphatic carbocycles. The fourth-order valence-electron chi connectivity index (χ4n) is 1.76. The Hall–Kier alpha value is -1.52. The molecular formula is C12H20N2O3. The van der Waals surface area contributed by atoms with Gasteiger partial charge >= 0.3 is 12.0 Å². The molecule has 1 aliphatic rings. The Morgan fingerprint density at radius 2 is 2.24 bits per heavy atom. The zero-order valence-electron chi connectivity index (χ0n) is 10.5. The van der Waals surface area contributed by atoms with Crippen LogP contribution in [0.2, 0.25) is 0 Å². The minimum atomic E-state index is -0.870. The summed E-state index contributed by atoms with van der Waals surface area (Å²) in [7, 11) is 0. The third-order valence-corrected chi connectivity index (χ3v) is 2.95. The summed E-state index contributed by atoms with van der Waals surface area (Å²) in [5.74, 6) is -0.870. The van der Waals surface area contributed by atoms with Crippen LogP contribution in [0.3, 0.4) is 0 Å². The Balaban J connectivity index is 2.51. The van der Waals surface area contributed by atoms with Gasteiger partial charge in [-0.25, -0.2) is 4.79 Å². The Morgan fingerprint density at radius 3 is 2.71 bits per heavy atom. The first-order chi connectivity index (χ1) is 8.04. The third kappa shape index (κ3) is 4.09. The number of urea groups is 1. The second-order valence-electron chi connectivity index (χ2n) is 4.25. The van der Waals surface area contributed by atoms with Crippen LogP contribution in [0.15, 0.2) is 11.6 Å². The number of aliphatic carboxylic acids is 1. The highest BCUT2D eigenvalue weighted by Gasteiger charge is 2.21. The summed E-state index contributed by atoms with van der Waals surface area (Å²) >= 11 is 0. The summed E-state index contributed by atoms with van der Waals surface area (Å²) < 4.78 is 0. The first-order valence-electron chi connectivity index (χ1n) is 5.96. The van der Waals surface area contributed by atoms with Gasteiger partial charge in [-0.05, 0) is 20.3 Å². The molecule has 2 amide bonds. The van der Waals surface area contributed by atoms with Gasteiger partial charge in [0.05, 0.1) is 6.42 Å². The highest BCUT2D eigenvalue weighted by atomic mass is 16.4. The molecule has 1 N–H and O–H groups in total. The summed E-state index contributed by atoms with van der Waals surface area (Å²) in [5.41, 5.74) is 1.31. The maximum Gasteiger partial charge on any atom is 0.320 e. The van der Waals surface area contributed by atoms with E-state index in [-0.39, 0.29) is 19.0 Å². The van der Waals surface area contributed by atoms with Gasteiger partial charge in [0.15, 0.2) is 0 Å². The van der Waals surface area contributed by atoms with Crippen molar-refractivity contribution in [2.45, 2.75) is 26.7 Å². The van der Waals surface area contributed by atoms with Gasteiger partial charge in [-0.15, -0.1) is 0 Å². The SMILES string of the molecule is CCN(CCC(=O)O)C(=O)N1CC=C(C)CC1. The highest BCUT2D eigenvalue weighted by Crippen LogP contribution is 2.11. The molecule has 1 rings (SSSR count). The van der Waals surface area contributed by atoms with Crippen LogP contribution < -0.4 is 0 Å². The number of rotatable bonds is 4. The van der Waals surface area contributed by atoms with Crippen molar-refractivity contribution in [2.75, 3.05) is 26.2 Å². The Bertz CT molecular complexity index is 326. The molecule has 0 fully saturated rings. The minimum absolute atomic E-state index is 0.00227. The molecule has 1 heterocycles. The fraction of sp³-hybridized carbons (Fsp3) is 0.667. The van der Waals surface area contributed by atoms with Crippen LogP contribution in [0.1, 0.15) is 26.7 Å². The lowest BCUT2D eigenvalue weighted by Gasteiger charge is -2.31. The molecule has 0 saturated heterocycles. The van der Waals surface area contributed by atoms with E-state index in [1.165, 1.54) is 5.57 Å². The molecule has 0 bridgehead atoms. The second kappa shape index (κ2) is 6.27. The lowest BCUT2D eigenvalue weighted by Crippen LogP contribution is -2.45. The van der Waals surface area contributed by atoms with E-state index >= 15 is 0 Å². The van der Waals surface area contributed by atoms with E-state index in [9.17, 15) is 9.59 Å². The molecule has 0 spiro atoms. The molecule has 5 heteroatoms. The highest BCUT2D eigenvalue weighted by molar-refractivity contribution is 5.75. The van der Waals surface area contributed by atoms with Crippen LogP contribution in [0.5, 0.6) is 0 Å². The molecule has 0 aromatic carbocycles. The average molecular weight is 240 g/mol. The molecule has 0 unspecified atom stereocenters. The molecule has 0 aromatic heterocycles. The van der Waals surface area contributed by atoms with Gasteiger partial charge in [-0.2, -0.15) is 0 Å². The summed E-state index contributed by atoms with van der Waals surface area (Å²) in [5, 5.41) is 8.62. The third-order valence-electron chi connectivity index (χ3n) is 2.95. The van der Waals surface area contributed by atoms with E-state index in [4.69, 9.17) is 5.11 Å². The molecule has 5 nitrogen and oxygen atoms in total. The summed E-state index contributed by atoms with van der Waals surface area (Å²) in [6.07, 6.45) is 2.96. The molecular weight excluding hydrogens is 220 g/mol. The van der Waals surface area contributed by atoms with Gasteiger partial charge < -0.3 is 14.9 Å². The maximum absolute atomic E-state index is 12.1. The Labute approximate surface area is 102 Å². The largest absolute Gasteiger partial charge is 0.481 e. The predicted octanol–water partition coefficient (Wildman–Crippen LogP) is 1.56. The molecule has 0 atom stereocenters. The molecule has 96 valence electrons. The number of hydrogen-bond acceptors (Lipinski definition) is 2.